The number of benzene rings is 1. The summed E-state index contributed by atoms with van der Waals surface area (Å²) in [7, 11) is 0. The molecule has 1 amide bonds. The first-order chi connectivity index (χ1) is 12.8. The van der Waals surface area contributed by atoms with E-state index in [0.29, 0.717) is 11.4 Å². The molecule has 8 heteroatoms. The maximum atomic E-state index is 13.0. The van der Waals surface area contributed by atoms with Gasteiger partial charge in [0.1, 0.15) is 17.3 Å². The van der Waals surface area contributed by atoms with Gasteiger partial charge < -0.3 is 10.1 Å². The molecule has 0 aliphatic heterocycles. The zero-order chi connectivity index (χ0) is 19.4. The lowest BCUT2D eigenvalue weighted by atomic mass is 10.2. The van der Waals surface area contributed by atoms with Gasteiger partial charge in [0.2, 0.25) is 0 Å². The van der Waals surface area contributed by atoms with E-state index in [0.717, 1.165) is 18.9 Å². The highest BCUT2D eigenvalue weighted by molar-refractivity contribution is 5.80. The van der Waals surface area contributed by atoms with Crippen molar-refractivity contribution in [2.45, 2.75) is 44.4 Å². The van der Waals surface area contributed by atoms with Gasteiger partial charge in [-0.3, -0.25) is 4.79 Å². The first-order valence-electron chi connectivity index (χ1n) is 8.77. The van der Waals surface area contributed by atoms with Crippen LogP contribution in [0.2, 0.25) is 0 Å². The SMILES string of the molecule is CC(Oc1ccccc1)C(=O)NCCc1nc(C2CC2)cc(C(F)(F)F)n1. The number of para-hydroxylation sites is 1. The molecule has 3 rings (SSSR count). The average Bonchev–Trinajstić information content (AvgIpc) is 3.46. The third kappa shape index (κ3) is 5.42. The molecular formula is C19H20F3N3O2. The number of rotatable bonds is 7. The molecule has 2 aromatic rings. The van der Waals surface area contributed by atoms with E-state index in [2.05, 4.69) is 15.3 Å². The van der Waals surface area contributed by atoms with E-state index in [9.17, 15) is 18.0 Å². The fraction of sp³-hybridized carbons (Fsp3) is 0.421. The van der Waals surface area contributed by atoms with Crippen LogP contribution in [0, 0.1) is 0 Å². The molecule has 1 unspecified atom stereocenters. The molecule has 1 N–H and O–H groups in total. The first kappa shape index (κ1) is 19.1. The third-order valence-electron chi connectivity index (χ3n) is 4.15. The molecule has 0 saturated heterocycles. The number of carbonyl (C=O) groups is 1. The topological polar surface area (TPSA) is 64.1 Å². The Morgan fingerprint density at radius 3 is 2.59 bits per heavy atom. The summed E-state index contributed by atoms with van der Waals surface area (Å²) in [5.41, 5.74) is -0.499. The fourth-order valence-electron chi connectivity index (χ4n) is 2.56. The second kappa shape index (κ2) is 7.94. The number of alkyl halides is 3. The van der Waals surface area contributed by atoms with Crippen molar-refractivity contribution in [1.82, 2.24) is 15.3 Å². The normalized spacial score (nSPS) is 15.3. The van der Waals surface area contributed by atoms with E-state index in [1.807, 2.05) is 6.07 Å². The quantitative estimate of drug-likeness (QED) is 0.800. The lowest BCUT2D eigenvalue weighted by Gasteiger charge is -2.15. The molecule has 27 heavy (non-hydrogen) atoms. The molecule has 1 atom stereocenters. The molecule has 0 radical (unpaired) electrons. The largest absolute Gasteiger partial charge is 0.481 e. The van der Waals surface area contributed by atoms with Gasteiger partial charge in [0.05, 0.1) is 0 Å². The fourth-order valence-corrected chi connectivity index (χ4v) is 2.56. The zero-order valence-electron chi connectivity index (χ0n) is 14.8. The Morgan fingerprint density at radius 2 is 1.96 bits per heavy atom. The second-order valence-electron chi connectivity index (χ2n) is 6.48. The van der Waals surface area contributed by atoms with Gasteiger partial charge in [-0.05, 0) is 38.0 Å². The van der Waals surface area contributed by atoms with Crippen LogP contribution in [0.25, 0.3) is 0 Å². The highest BCUT2D eigenvalue weighted by atomic mass is 19.4. The van der Waals surface area contributed by atoms with Crippen molar-refractivity contribution >= 4 is 5.91 Å². The van der Waals surface area contributed by atoms with Crippen LogP contribution in [-0.2, 0) is 17.4 Å². The number of ether oxygens (including phenoxy) is 1. The van der Waals surface area contributed by atoms with Crippen LogP contribution in [0.1, 0.15) is 42.9 Å². The predicted molar refractivity (Wildman–Crippen MR) is 92.3 cm³/mol. The number of nitrogens with one attached hydrogen (secondary N) is 1. The Balaban J connectivity index is 1.56. The molecule has 1 aromatic carbocycles. The Bertz CT molecular complexity index is 793. The van der Waals surface area contributed by atoms with E-state index in [1.165, 1.54) is 0 Å². The molecule has 1 heterocycles. The van der Waals surface area contributed by atoms with Gasteiger partial charge in [-0.2, -0.15) is 13.2 Å². The molecule has 1 aromatic heterocycles. The summed E-state index contributed by atoms with van der Waals surface area (Å²) in [5, 5.41) is 2.65. The van der Waals surface area contributed by atoms with E-state index in [4.69, 9.17) is 4.74 Å². The van der Waals surface area contributed by atoms with Gasteiger partial charge in [-0.1, -0.05) is 18.2 Å². The molecule has 0 bridgehead atoms. The molecule has 1 aliphatic rings. The minimum atomic E-state index is -4.51. The Morgan fingerprint density at radius 1 is 1.26 bits per heavy atom. The van der Waals surface area contributed by atoms with Crippen molar-refractivity contribution in [3.63, 3.8) is 0 Å². The average molecular weight is 379 g/mol. The number of nitrogens with zero attached hydrogens (tertiary/aromatic N) is 2. The summed E-state index contributed by atoms with van der Waals surface area (Å²) in [4.78, 5) is 19.9. The van der Waals surface area contributed by atoms with Gasteiger partial charge >= 0.3 is 6.18 Å². The van der Waals surface area contributed by atoms with Crippen molar-refractivity contribution in [2.75, 3.05) is 6.54 Å². The number of aromatic nitrogens is 2. The molecule has 1 aliphatic carbocycles. The van der Waals surface area contributed by atoms with Gasteiger partial charge in [0.25, 0.3) is 5.91 Å². The third-order valence-corrected chi connectivity index (χ3v) is 4.15. The van der Waals surface area contributed by atoms with Gasteiger partial charge in [0.15, 0.2) is 6.10 Å². The zero-order valence-corrected chi connectivity index (χ0v) is 14.8. The lowest BCUT2D eigenvalue weighted by Crippen LogP contribution is -2.37. The number of halogens is 3. The maximum absolute atomic E-state index is 13.0. The van der Waals surface area contributed by atoms with Crippen molar-refractivity contribution < 1.29 is 22.7 Å². The van der Waals surface area contributed by atoms with Gasteiger partial charge in [-0.15, -0.1) is 0 Å². The van der Waals surface area contributed by atoms with Crippen molar-refractivity contribution in [3.05, 3.63) is 53.6 Å². The Hall–Kier alpha value is -2.64. The second-order valence-corrected chi connectivity index (χ2v) is 6.48. The molecule has 1 fully saturated rings. The summed E-state index contributed by atoms with van der Waals surface area (Å²) in [5.74, 6) is 0.383. The van der Waals surface area contributed by atoms with Crippen LogP contribution >= 0.6 is 0 Å². The number of amides is 1. The predicted octanol–water partition coefficient (Wildman–Crippen LogP) is 3.50. The van der Waals surface area contributed by atoms with Crippen molar-refractivity contribution in [1.29, 1.82) is 0 Å². The minimum Gasteiger partial charge on any atom is -0.481 e. The highest BCUT2D eigenvalue weighted by Gasteiger charge is 2.35. The van der Waals surface area contributed by atoms with Crippen molar-refractivity contribution in [2.24, 2.45) is 0 Å². The van der Waals surface area contributed by atoms with E-state index in [1.54, 1.807) is 31.2 Å². The van der Waals surface area contributed by atoms with Crippen LogP contribution in [0.15, 0.2) is 36.4 Å². The molecular weight excluding hydrogens is 359 g/mol. The summed E-state index contributed by atoms with van der Waals surface area (Å²) in [6, 6.07) is 9.92. The summed E-state index contributed by atoms with van der Waals surface area (Å²) >= 11 is 0. The standard InChI is InChI=1S/C19H20F3N3O2/c1-12(27-14-5-3-2-4-6-14)18(26)23-10-9-17-24-15(13-7-8-13)11-16(25-17)19(20,21)22/h2-6,11-13H,7-10H2,1H3,(H,23,26). The molecule has 144 valence electrons. The minimum absolute atomic E-state index is 0.0849. The van der Waals surface area contributed by atoms with Crippen LogP contribution < -0.4 is 10.1 Å². The monoisotopic (exact) mass is 379 g/mol. The maximum Gasteiger partial charge on any atom is 0.433 e. The Labute approximate surface area is 155 Å². The number of carbonyl (C=O) groups excluding carboxylic acids is 1. The molecule has 5 nitrogen and oxygen atoms in total. The molecule has 1 saturated carbocycles. The number of hydrogen-bond donors (Lipinski definition) is 1. The van der Waals surface area contributed by atoms with Gasteiger partial charge in [-0.25, -0.2) is 9.97 Å². The van der Waals surface area contributed by atoms with E-state index in [-0.39, 0.29) is 30.6 Å². The van der Waals surface area contributed by atoms with Gasteiger partial charge in [0, 0.05) is 24.6 Å². The number of hydrogen-bond acceptors (Lipinski definition) is 4. The smallest absolute Gasteiger partial charge is 0.433 e. The molecule has 0 spiro atoms. The summed E-state index contributed by atoms with van der Waals surface area (Å²) in [6.07, 6.45) is -3.43. The van der Waals surface area contributed by atoms with Crippen molar-refractivity contribution in [3.8, 4) is 5.75 Å². The van der Waals surface area contributed by atoms with Crippen LogP contribution in [-0.4, -0.2) is 28.5 Å². The van der Waals surface area contributed by atoms with Crippen LogP contribution in [0.3, 0.4) is 0 Å². The van der Waals surface area contributed by atoms with E-state index >= 15 is 0 Å². The van der Waals surface area contributed by atoms with E-state index < -0.39 is 18.0 Å². The Kier molecular flexibility index (Phi) is 5.62. The lowest BCUT2D eigenvalue weighted by molar-refractivity contribution is -0.141. The van der Waals surface area contributed by atoms with Crippen LogP contribution in [0.5, 0.6) is 5.75 Å². The summed E-state index contributed by atoms with van der Waals surface area (Å²) in [6.45, 7) is 1.74. The summed E-state index contributed by atoms with van der Waals surface area (Å²) < 4.78 is 44.6. The first-order valence-corrected chi connectivity index (χ1v) is 8.77. The van der Waals surface area contributed by atoms with Crippen LogP contribution in [0.4, 0.5) is 13.2 Å². The highest BCUT2D eigenvalue weighted by Crippen LogP contribution is 2.40.